The highest BCUT2D eigenvalue weighted by atomic mass is 32.2. The van der Waals surface area contributed by atoms with Crippen LogP contribution in [0.2, 0.25) is 0 Å². The van der Waals surface area contributed by atoms with Gasteiger partial charge in [0.15, 0.2) is 5.75 Å². The number of methoxy groups -OCH3 is 1. The molecule has 0 rings (SSSR count). The van der Waals surface area contributed by atoms with Crippen LogP contribution in [0.25, 0.3) is 0 Å². The van der Waals surface area contributed by atoms with Crippen LogP contribution in [0.4, 0.5) is 0 Å². The van der Waals surface area contributed by atoms with E-state index in [4.69, 9.17) is 5.11 Å². The number of sulfonamides is 1. The molecule has 0 aromatic heterocycles. The maximum Gasteiger partial charge on any atom is 0.322 e. The lowest BCUT2D eigenvalue weighted by Gasteiger charge is -2.13. The Balaban J connectivity index is 4.27. The standard InChI is InChI=1S/C7H15NO5S/c1-3-6(4-9)8-14(11,12)5-7(10)13-2/h6,8-9H,3-5H2,1-2H3/t6-/m1/s1. The molecule has 0 saturated carbocycles. The lowest BCUT2D eigenvalue weighted by Crippen LogP contribution is -2.40. The lowest BCUT2D eigenvalue weighted by atomic mass is 10.3. The molecular formula is C7H15NO5S. The molecule has 0 bridgehead atoms. The van der Waals surface area contributed by atoms with Crippen LogP contribution in [0, 0.1) is 0 Å². The zero-order valence-corrected chi connectivity index (χ0v) is 9.00. The molecule has 0 aliphatic carbocycles. The molecule has 2 N–H and O–H groups in total. The van der Waals surface area contributed by atoms with Crippen LogP contribution in [0.1, 0.15) is 13.3 Å². The summed E-state index contributed by atoms with van der Waals surface area (Å²) in [6, 6.07) is -0.551. The molecule has 0 heterocycles. The van der Waals surface area contributed by atoms with Gasteiger partial charge in [0.2, 0.25) is 10.0 Å². The van der Waals surface area contributed by atoms with Gasteiger partial charge in [-0.2, -0.15) is 0 Å². The Morgan fingerprint density at radius 3 is 2.50 bits per heavy atom. The Labute approximate surface area is 83.3 Å². The third-order valence-electron chi connectivity index (χ3n) is 1.59. The summed E-state index contributed by atoms with van der Waals surface area (Å²) in [6.45, 7) is 1.43. The molecule has 6 nitrogen and oxygen atoms in total. The van der Waals surface area contributed by atoms with E-state index in [9.17, 15) is 13.2 Å². The molecule has 0 spiro atoms. The van der Waals surface area contributed by atoms with Crippen molar-refractivity contribution >= 4 is 16.0 Å². The lowest BCUT2D eigenvalue weighted by molar-refractivity contribution is -0.137. The maximum absolute atomic E-state index is 11.2. The molecule has 84 valence electrons. The van der Waals surface area contributed by atoms with Gasteiger partial charge in [-0.3, -0.25) is 4.79 Å². The molecule has 0 aliphatic rings. The number of aliphatic hydroxyl groups excluding tert-OH is 1. The van der Waals surface area contributed by atoms with Gasteiger partial charge in [0.1, 0.15) is 0 Å². The van der Waals surface area contributed by atoms with E-state index >= 15 is 0 Å². The SMILES string of the molecule is CC[C@H](CO)NS(=O)(=O)CC(=O)OC. The molecule has 1 atom stereocenters. The molecule has 0 aromatic rings. The fraction of sp³-hybridized carbons (Fsp3) is 0.857. The van der Waals surface area contributed by atoms with Crippen LogP contribution < -0.4 is 4.72 Å². The predicted molar refractivity (Wildman–Crippen MR) is 50.1 cm³/mol. The number of esters is 1. The number of ether oxygens (including phenoxy) is 1. The van der Waals surface area contributed by atoms with Crippen molar-refractivity contribution in [2.75, 3.05) is 19.5 Å². The average molecular weight is 225 g/mol. The van der Waals surface area contributed by atoms with Crippen LogP contribution >= 0.6 is 0 Å². The summed E-state index contributed by atoms with van der Waals surface area (Å²) in [6.07, 6.45) is 0.455. The molecule has 0 aromatic carbocycles. The highest BCUT2D eigenvalue weighted by Crippen LogP contribution is 1.94. The second kappa shape index (κ2) is 5.94. The molecule has 0 saturated heterocycles. The van der Waals surface area contributed by atoms with Crippen molar-refractivity contribution in [1.82, 2.24) is 4.72 Å². The fourth-order valence-corrected chi connectivity index (χ4v) is 2.02. The zero-order chi connectivity index (χ0) is 11.2. The van der Waals surface area contributed by atoms with E-state index in [0.29, 0.717) is 6.42 Å². The van der Waals surface area contributed by atoms with Crippen molar-refractivity contribution in [2.24, 2.45) is 0 Å². The van der Waals surface area contributed by atoms with E-state index in [1.807, 2.05) is 0 Å². The first kappa shape index (κ1) is 13.3. The summed E-state index contributed by atoms with van der Waals surface area (Å²) in [5, 5.41) is 8.74. The third kappa shape index (κ3) is 5.15. The average Bonchev–Trinajstić information content (AvgIpc) is 2.13. The molecule has 0 aliphatic heterocycles. The van der Waals surface area contributed by atoms with E-state index in [1.54, 1.807) is 6.92 Å². The van der Waals surface area contributed by atoms with Gasteiger partial charge in [-0.1, -0.05) is 6.92 Å². The van der Waals surface area contributed by atoms with E-state index in [-0.39, 0.29) is 6.61 Å². The van der Waals surface area contributed by atoms with Crippen molar-refractivity contribution in [1.29, 1.82) is 0 Å². The van der Waals surface area contributed by atoms with Crippen molar-refractivity contribution in [3.8, 4) is 0 Å². The van der Waals surface area contributed by atoms with E-state index in [2.05, 4.69) is 9.46 Å². The Hall–Kier alpha value is -0.660. The van der Waals surface area contributed by atoms with Crippen LogP contribution in [-0.4, -0.2) is 45.0 Å². The highest BCUT2D eigenvalue weighted by molar-refractivity contribution is 7.90. The molecule has 14 heavy (non-hydrogen) atoms. The Kier molecular flexibility index (Phi) is 5.66. The van der Waals surface area contributed by atoms with Crippen molar-refractivity contribution in [2.45, 2.75) is 19.4 Å². The molecule has 0 amide bonds. The monoisotopic (exact) mass is 225 g/mol. The summed E-state index contributed by atoms with van der Waals surface area (Å²) in [4.78, 5) is 10.7. The molecule has 0 unspecified atom stereocenters. The van der Waals surface area contributed by atoms with Crippen LogP contribution in [0.3, 0.4) is 0 Å². The van der Waals surface area contributed by atoms with Crippen molar-refractivity contribution in [3.05, 3.63) is 0 Å². The molecular weight excluding hydrogens is 210 g/mol. The summed E-state index contributed by atoms with van der Waals surface area (Å²) in [7, 11) is -2.59. The first-order valence-electron chi connectivity index (χ1n) is 4.12. The molecule has 0 radical (unpaired) electrons. The van der Waals surface area contributed by atoms with Gasteiger partial charge in [-0.15, -0.1) is 0 Å². The minimum atomic E-state index is -3.70. The quantitative estimate of drug-likeness (QED) is 0.557. The number of hydrogen-bond acceptors (Lipinski definition) is 5. The Bertz CT molecular complexity index is 270. The third-order valence-corrected chi connectivity index (χ3v) is 2.90. The van der Waals surface area contributed by atoms with Crippen LogP contribution in [-0.2, 0) is 19.6 Å². The predicted octanol–water partition coefficient (Wildman–Crippen LogP) is -1.15. The molecule has 0 fully saturated rings. The summed E-state index contributed by atoms with van der Waals surface area (Å²) in [5.74, 6) is -1.55. The van der Waals surface area contributed by atoms with Crippen LogP contribution in [0.15, 0.2) is 0 Å². The van der Waals surface area contributed by atoms with Crippen molar-refractivity contribution in [3.63, 3.8) is 0 Å². The first-order chi connectivity index (χ1) is 6.45. The normalized spacial score (nSPS) is 13.6. The largest absolute Gasteiger partial charge is 0.468 e. The number of nitrogens with one attached hydrogen (secondary N) is 1. The topological polar surface area (TPSA) is 92.7 Å². The van der Waals surface area contributed by atoms with Gasteiger partial charge in [-0.05, 0) is 6.42 Å². The second-order valence-electron chi connectivity index (χ2n) is 2.74. The summed E-state index contributed by atoms with van der Waals surface area (Å²) < 4.78 is 28.8. The number of carbonyl (C=O) groups is 1. The van der Waals surface area contributed by atoms with Crippen molar-refractivity contribution < 1.29 is 23.1 Å². The first-order valence-corrected chi connectivity index (χ1v) is 5.78. The fourth-order valence-electron chi connectivity index (χ4n) is 0.759. The minimum Gasteiger partial charge on any atom is -0.468 e. The zero-order valence-electron chi connectivity index (χ0n) is 8.19. The van der Waals surface area contributed by atoms with Gasteiger partial charge in [0, 0.05) is 6.04 Å². The smallest absolute Gasteiger partial charge is 0.322 e. The van der Waals surface area contributed by atoms with E-state index in [1.165, 1.54) is 0 Å². The van der Waals surface area contributed by atoms with E-state index in [0.717, 1.165) is 7.11 Å². The van der Waals surface area contributed by atoms with Gasteiger partial charge in [-0.25, -0.2) is 13.1 Å². The number of aliphatic hydroxyl groups is 1. The second-order valence-corrected chi connectivity index (χ2v) is 4.49. The Morgan fingerprint density at radius 1 is 1.57 bits per heavy atom. The van der Waals surface area contributed by atoms with Gasteiger partial charge in [0.25, 0.3) is 0 Å². The van der Waals surface area contributed by atoms with Gasteiger partial charge < -0.3 is 9.84 Å². The van der Waals surface area contributed by atoms with Gasteiger partial charge >= 0.3 is 5.97 Å². The summed E-state index contributed by atoms with van der Waals surface area (Å²) in [5.41, 5.74) is 0. The molecule has 7 heteroatoms. The number of hydrogen-bond donors (Lipinski definition) is 2. The number of carbonyl (C=O) groups excluding carboxylic acids is 1. The van der Waals surface area contributed by atoms with Crippen LogP contribution in [0.5, 0.6) is 0 Å². The number of rotatable bonds is 6. The van der Waals surface area contributed by atoms with Gasteiger partial charge in [0.05, 0.1) is 13.7 Å². The Morgan fingerprint density at radius 2 is 2.14 bits per heavy atom. The highest BCUT2D eigenvalue weighted by Gasteiger charge is 2.20. The summed E-state index contributed by atoms with van der Waals surface area (Å²) >= 11 is 0. The van der Waals surface area contributed by atoms with E-state index < -0.39 is 27.8 Å². The minimum absolute atomic E-state index is 0.295. The maximum atomic E-state index is 11.2.